The van der Waals surface area contributed by atoms with Gasteiger partial charge in [0.25, 0.3) is 0 Å². The molecule has 68 valence electrons. The van der Waals surface area contributed by atoms with Crippen molar-refractivity contribution < 1.29 is 0 Å². The standard InChI is InChI=1S/C11H9N3/c12-7-9-8-3-1-5-13-11(8)14-6-2-4-10(9)14/h1,3,5H,2,4,6H2. The van der Waals surface area contributed by atoms with Gasteiger partial charge < -0.3 is 4.57 Å². The van der Waals surface area contributed by atoms with Crippen molar-refractivity contribution in [1.29, 1.82) is 5.26 Å². The van der Waals surface area contributed by atoms with Crippen molar-refractivity contribution in [1.82, 2.24) is 9.55 Å². The lowest BCUT2D eigenvalue weighted by atomic mass is 10.1. The number of rotatable bonds is 0. The second-order valence-electron chi connectivity index (χ2n) is 3.56. The van der Waals surface area contributed by atoms with Crippen molar-refractivity contribution in [2.24, 2.45) is 0 Å². The molecule has 0 amide bonds. The fourth-order valence-corrected chi connectivity index (χ4v) is 2.26. The molecule has 0 aliphatic carbocycles. The summed E-state index contributed by atoms with van der Waals surface area (Å²) in [5, 5.41) is 10.1. The second kappa shape index (κ2) is 2.58. The number of aromatic nitrogens is 2. The number of nitriles is 1. The zero-order chi connectivity index (χ0) is 9.54. The Hall–Kier alpha value is -1.82. The largest absolute Gasteiger partial charge is 0.328 e. The number of fused-ring (bicyclic) bond motifs is 3. The molecule has 0 spiro atoms. The van der Waals surface area contributed by atoms with E-state index in [1.165, 1.54) is 5.69 Å². The molecule has 0 saturated carbocycles. The summed E-state index contributed by atoms with van der Waals surface area (Å²) in [5.41, 5.74) is 2.96. The molecule has 0 bridgehead atoms. The Kier molecular flexibility index (Phi) is 1.40. The van der Waals surface area contributed by atoms with Crippen molar-refractivity contribution in [3.05, 3.63) is 29.6 Å². The molecule has 1 aliphatic rings. The summed E-state index contributed by atoms with van der Waals surface area (Å²) in [4.78, 5) is 4.33. The van der Waals surface area contributed by atoms with Crippen LogP contribution in [0.1, 0.15) is 17.7 Å². The Morgan fingerprint density at radius 3 is 3.29 bits per heavy atom. The monoisotopic (exact) mass is 183 g/mol. The maximum atomic E-state index is 9.10. The molecule has 0 unspecified atom stereocenters. The van der Waals surface area contributed by atoms with Crippen molar-refractivity contribution in [3.8, 4) is 6.07 Å². The van der Waals surface area contributed by atoms with Crippen molar-refractivity contribution in [3.63, 3.8) is 0 Å². The van der Waals surface area contributed by atoms with Gasteiger partial charge in [-0.25, -0.2) is 4.98 Å². The van der Waals surface area contributed by atoms with Gasteiger partial charge >= 0.3 is 0 Å². The molecule has 0 saturated heterocycles. The molecule has 3 nitrogen and oxygen atoms in total. The fourth-order valence-electron chi connectivity index (χ4n) is 2.26. The third-order valence-corrected chi connectivity index (χ3v) is 2.83. The van der Waals surface area contributed by atoms with E-state index in [9.17, 15) is 0 Å². The van der Waals surface area contributed by atoms with Gasteiger partial charge in [-0.2, -0.15) is 5.26 Å². The number of aryl methyl sites for hydroxylation is 1. The summed E-state index contributed by atoms with van der Waals surface area (Å²) in [6.45, 7) is 1.00. The van der Waals surface area contributed by atoms with Crippen LogP contribution in [0.2, 0.25) is 0 Å². The Morgan fingerprint density at radius 1 is 1.50 bits per heavy atom. The van der Waals surface area contributed by atoms with E-state index < -0.39 is 0 Å². The van der Waals surface area contributed by atoms with E-state index in [1.807, 2.05) is 12.1 Å². The number of nitrogens with zero attached hydrogens (tertiary/aromatic N) is 3. The topological polar surface area (TPSA) is 41.6 Å². The second-order valence-corrected chi connectivity index (χ2v) is 3.56. The Bertz CT molecular complexity index is 545. The van der Waals surface area contributed by atoms with Gasteiger partial charge in [0.15, 0.2) is 0 Å². The van der Waals surface area contributed by atoms with Crippen molar-refractivity contribution >= 4 is 11.0 Å². The van der Waals surface area contributed by atoms with Crippen LogP contribution in [0.15, 0.2) is 18.3 Å². The summed E-state index contributed by atoms with van der Waals surface area (Å²) in [7, 11) is 0. The van der Waals surface area contributed by atoms with Crippen LogP contribution in [0.3, 0.4) is 0 Å². The summed E-state index contributed by atoms with van der Waals surface area (Å²) >= 11 is 0. The zero-order valence-corrected chi connectivity index (χ0v) is 7.70. The molecule has 3 rings (SSSR count). The van der Waals surface area contributed by atoms with E-state index in [1.54, 1.807) is 6.20 Å². The quantitative estimate of drug-likeness (QED) is 0.625. The minimum atomic E-state index is 0.825. The normalized spacial score (nSPS) is 14.2. The molecular weight excluding hydrogens is 174 g/mol. The van der Waals surface area contributed by atoms with Gasteiger partial charge in [0, 0.05) is 23.8 Å². The fraction of sp³-hybridized carbons (Fsp3) is 0.273. The van der Waals surface area contributed by atoms with E-state index in [4.69, 9.17) is 5.26 Å². The van der Waals surface area contributed by atoms with E-state index in [0.29, 0.717) is 0 Å². The van der Waals surface area contributed by atoms with E-state index in [-0.39, 0.29) is 0 Å². The molecule has 3 heteroatoms. The lowest BCUT2D eigenvalue weighted by Crippen LogP contribution is -1.92. The van der Waals surface area contributed by atoms with Crippen LogP contribution in [-0.2, 0) is 13.0 Å². The molecule has 0 N–H and O–H groups in total. The molecule has 0 fully saturated rings. The molecule has 0 aromatic carbocycles. The van der Waals surface area contributed by atoms with Crippen molar-refractivity contribution in [2.45, 2.75) is 19.4 Å². The highest BCUT2D eigenvalue weighted by Crippen LogP contribution is 2.29. The number of hydrogen-bond donors (Lipinski definition) is 0. The summed E-state index contributed by atoms with van der Waals surface area (Å²) < 4.78 is 2.17. The summed E-state index contributed by atoms with van der Waals surface area (Å²) in [6, 6.07) is 6.16. The predicted octanol–water partition coefficient (Wildman–Crippen LogP) is 1.85. The van der Waals surface area contributed by atoms with Gasteiger partial charge in [0.1, 0.15) is 11.7 Å². The van der Waals surface area contributed by atoms with Gasteiger partial charge in [-0.15, -0.1) is 0 Å². The maximum Gasteiger partial charge on any atom is 0.141 e. The first-order valence-corrected chi connectivity index (χ1v) is 4.78. The molecule has 3 heterocycles. The van der Waals surface area contributed by atoms with Crippen molar-refractivity contribution in [2.75, 3.05) is 0 Å². The van der Waals surface area contributed by atoms with Crippen LogP contribution in [0, 0.1) is 11.3 Å². The predicted molar refractivity (Wildman–Crippen MR) is 52.8 cm³/mol. The Balaban J connectivity index is 2.50. The van der Waals surface area contributed by atoms with Gasteiger partial charge in [0.2, 0.25) is 0 Å². The lowest BCUT2D eigenvalue weighted by Gasteiger charge is -1.96. The third-order valence-electron chi connectivity index (χ3n) is 2.83. The first kappa shape index (κ1) is 7.57. The highest BCUT2D eigenvalue weighted by molar-refractivity contribution is 5.85. The molecule has 0 radical (unpaired) electrons. The van der Waals surface area contributed by atoms with Crippen LogP contribution in [0.25, 0.3) is 11.0 Å². The van der Waals surface area contributed by atoms with E-state index in [0.717, 1.165) is 36.0 Å². The SMILES string of the molecule is N#Cc1c2n(c3ncccc13)CCC2. The minimum absolute atomic E-state index is 0.825. The molecule has 2 aromatic heterocycles. The number of pyridine rings is 1. The van der Waals surface area contributed by atoms with Gasteiger partial charge in [-0.05, 0) is 25.0 Å². The minimum Gasteiger partial charge on any atom is -0.328 e. The highest BCUT2D eigenvalue weighted by Gasteiger charge is 2.20. The smallest absolute Gasteiger partial charge is 0.141 e. The summed E-state index contributed by atoms with van der Waals surface area (Å²) in [6.07, 6.45) is 3.94. The lowest BCUT2D eigenvalue weighted by molar-refractivity contribution is 0.765. The average molecular weight is 183 g/mol. The highest BCUT2D eigenvalue weighted by atomic mass is 15.1. The van der Waals surface area contributed by atoms with Crippen LogP contribution in [-0.4, -0.2) is 9.55 Å². The van der Waals surface area contributed by atoms with Crippen LogP contribution >= 0.6 is 0 Å². The molecule has 0 atom stereocenters. The van der Waals surface area contributed by atoms with Gasteiger partial charge in [-0.1, -0.05) is 0 Å². The molecule has 1 aliphatic heterocycles. The van der Waals surface area contributed by atoms with Gasteiger partial charge in [0.05, 0.1) is 5.56 Å². The van der Waals surface area contributed by atoms with E-state index >= 15 is 0 Å². The van der Waals surface area contributed by atoms with Crippen LogP contribution in [0.4, 0.5) is 0 Å². The average Bonchev–Trinajstić information content (AvgIpc) is 2.77. The maximum absolute atomic E-state index is 9.10. The van der Waals surface area contributed by atoms with Crippen LogP contribution < -0.4 is 0 Å². The van der Waals surface area contributed by atoms with E-state index in [2.05, 4.69) is 15.6 Å². The first-order chi connectivity index (χ1) is 6.92. The zero-order valence-electron chi connectivity index (χ0n) is 7.70. The first-order valence-electron chi connectivity index (χ1n) is 4.78. The molecule has 2 aromatic rings. The van der Waals surface area contributed by atoms with Crippen LogP contribution in [0.5, 0.6) is 0 Å². The molecule has 14 heavy (non-hydrogen) atoms. The van der Waals surface area contributed by atoms with Gasteiger partial charge in [-0.3, -0.25) is 0 Å². The Labute approximate surface area is 81.6 Å². The Morgan fingerprint density at radius 2 is 2.43 bits per heavy atom. The summed E-state index contributed by atoms with van der Waals surface area (Å²) in [5.74, 6) is 0. The third kappa shape index (κ3) is 0.779. The number of hydrogen-bond acceptors (Lipinski definition) is 2. The molecular formula is C11H9N3.